The van der Waals surface area contributed by atoms with Gasteiger partial charge in [-0.25, -0.2) is 4.98 Å². The number of carbonyl (C=O) groups is 2. The highest BCUT2D eigenvalue weighted by molar-refractivity contribution is 5.93. The minimum absolute atomic E-state index is 0.0240. The van der Waals surface area contributed by atoms with Crippen LogP contribution in [0.4, 0.5) is 5.69 Å². The van der Waals surface area contributed by atoms with E-state index in [1.54, 1.807) is 23.6 Å². The number of H-pyrrole nitrogens is 1. The molecule has 0 saturated carbocycles. The number of likely N-dealkylation sites (N-methyl/N-ethyl adjacent to an activating group) is 1. The van der Waals surface area contributed by atoms with Gasteiger partial charge < -0.3 is 19.7 Å². The monoisotopic (exact) mass is 397 g/mol. The number of hydrogen-bond acceptors (Lipinski definition) is 5. The van der Waals surface area contributed by atoms with Gasteiger partial charge in [0.2, 0.25) is 5.91 Å². The zero-order chi connectivity index (χ0) is 21.0. The number of carbonyl (C=O) groups excluding carboxylic acids is 2. The zero-order valence-electron chi connectivity index (χ0n) is 17.1. The molecule has 2 amide bonds. The maximum absolute atomic E-state index is 13.2. The Morgan fingerprint density at radius 1 is 1.10 bits per heavy atom. The van der Waals surface area contributed by atoms with Crippen molar-refractivity contribution < 1.29 is 9.59 Å². The van der Waals surface area contributed by atoms with Gasteiger partial charge in [0, 0.05) is 44.9 Å². The second-order valence-corrected chi connectivity index (χ2v) is 7.40. The summed E-state index contributed by atoms with van der Waals surface area (Å²) in [7, 11) is 2.00. The Hall–Kier alpha value is -3.00. The quantitative estimate of drug-likeness (QED) is 0.786. The molecular weight excluding hydrogens is 370 g/mol. The van der Waals surface area contributed by atoms with Crippen LogP contribution in [-0.2, 0) is 11.3 Å². The first-order chi connectivity index (χ1) is 13.8. The number of aromatic amines is 1. The van der Waals surface area contributed by atoms with Gasteiger partial charge in [-0.2, -0.15) is 0 Å². The van der Waals surface area contributed by atoms with Crippen LogP contribution in [-0.4, -0.2) is 64.8 Å². The van der Waals surface area contributed by atoms with E-state index in [2.05, 4.69) is 14.9 Å². The van der Waals surface area contributed by atoms with Crippen molar-refractivity contribution in [1.82, 2.24) is 19.8 Å². The van der Waals surface area contributed by atoms with E-state index in [-0.39, 0.29) is 23.1 Å². The number of nitrogens with one attached hydrogen (secondary N) is 1. The summed E-state index contributed by atoms with van der Waals surface area (Å²) in [5.74, 6) is 0.0825. The molecular formula is C21H27N5O3. The molecule has 8 nitrogen and oxygen atoms in total. The van der Waals surface area contributed by atoms with Crippen LogP contribution in [0.25, 0.3) is 0 Å². The van der Waals surface area contributed by atoms with Crippen molar-refractivity contribution in [2.24, 2.45) is 0 Å². The van der Waals surface area contributed by atoms with Crippen LogP contribution in [0.15, 0.2) is 35.1 Å². The fourth-order valence-corrected chi connectivity index (χ4v) is 3.57. The Morgan fingerprint density at radius 2 is 1.86 bits per heavy atom. The van der Waals surface area contributed by atoms with Crippen molar-refractivity contribution in [1.29, 1.82) is 0 Å². The van der Waals surface area contributed by atoms with E-state index in [0.29, 0.717) is 32.0 Å². The Kier molecular flexibility index (Phi) is 6.43. The molecule has 29 heavy (non-hydrogen) atoms. The van der Waals surface area contributed by atoms with Crippen LogP contribution in [0, 0.1) is 6.92 Å². The molecule has 0 unspecified atom stereocenters. The van der Waals surface area contributed by atoms with Gasteiger partial charge in [-0.05, 0) is 38.6 Å². The molecule has 1 aromatic heterocycles. The summed E-state index contributed by atoms with van der Waals surface area (Å²) in [6.07, 6.45) is 0.840. The molecule has 0 aliphatic carbocycles. The average Bonchev–Trinajstić information content (AvgIpc) is 2.70. The molecule has 0 fully saturated rings. The highest BCUT2D eigenvalue weighted by atomic mass is 16.2. The Labute approximate surface area is 170 Å². The van der Waals surface area contributed by atoms with Crippen LogP contribution in [0.2, 0.25) is 0 Å². The molecule has 0 spiro atoms. The number of rotatable bonds is 1. The van der Waals surface area contributed by atoms with Crippen LogP contribution >= 0.6 is 0 Å². The molecule has 1 aliphatic rings. The second kappa shape index (κ2) is 9.00. The smallest absolute Gasteiger partial charge is 0.273 e. The van der Waals surface area contributed by atoms with Gasteiger partial charge in [-0.3, -0.25) is 14.4 Å². The predicted molar refractivity (Wildman–Crippen MR) is 111 cm³/mol. The van der Waals surface area contributed by atoms with Crippen molar-refractivity contribution in [3.63, 3.8) is 0 Å². The summed E-state index contributed by atoms with van der Waals surface area (Å²) in [6, 6.07) is 8.88. The van der Waals surface area contributed by atoms with Crippen molar-refractivity contribution in [2.75, 3.05) is 38.1 Å². The van der Waals surface area contributed by atoms with E-state index in [1.807, 2.05) is 31.3 Å². The molecule has 154 valence electrons. The van der Waals surface area contributed by atoms with E-state index < -0.39 is 0 Å². The minimum atomic E-state index is -0.348. The summed E-state index contributed by atoms with van der Waals surface area (Å²) >= 11 is 0. The normalized spacial score (nSPS) is 16.1. The number of nitrogens with zero attached hydrogens (tertiary/aromatic N) is 4. The number of anilines is 1. The van der Waals surface area contributed by atoms with Crippen molar-refractivity contribution >= 4 is 17.5 Å². The van der Waals surface area contributed by atoms with Crippen molar-refractivity contribution in [3.8, 4) is 0 Å². The summed E-state index contributed by atoms with van der Waals surface area (Å²) in [5, 5.41) is 0. The first-order valence-electron chi connectivity index (χ1n) is 9.77. The molecule has 8 heteroatoms. The van der Waals surface area contributed by atoms with Gasteiger partial charge in [0.05, 0.1) is 0 Å². The number of fused-ring (bicyclic) bond motifs is 1. The lowest BCUT2D eigenvalue weighted by atomic mass is 10.1. The third-order valence-corrected chi connectivity index (χ3v) is 5.06. The fourth-order valence-electron chi connectivity index (χ4n) is 3.57. The summed E-state index contributed by atoms with van der Waals surface area (Å²) in [6.45, 7) is 6.17. The maximum atomic E-state index is 13.2. The minimum Gasteiger partial charge on any atom is -0.332 e. The standard InChI is InChI=1S/C21H27N5O3/c1-15-22-18(13-20(28)23-15)21(29)25-12-11-24(3)9-6-10-26(16(2)27)19-8-5-4-7-17(19)14-25/h4-5,7-8,13H,6,9-12,14H2,1-3H3,(H,22,23,28). The fraction of sp³-hybridized carbons (Fsp3) is 0.429. The van der Waals surface area contributed by atoms with E-state index in [1.165, 1.54) is 6.07 Å². The third kappa shape index (κ3) is 5.08. The Bertz CT molecular complexity index is 955. The highest BCUT2D eigenvalue weighted by Crippen LogP contribution is 2.24. The van der Waals surface area contributed by atoms with E-state index in [9.17, 15) is 14.4 Å². The summed E-state index contributed by atoms with van der Waals surface area (Å²) in [4.78, 5) is 49.7. The zero-order valence-corrected chi connectivity index (χ0v) is 17.1. The lowest BCUT2D eigenvalue weighted by Crippen LogP contribution is -2.38. The molecule has 1 N–H and O–H groups in total. The van der Waals surface area contributed by atoms with Crippen LogP contribution in [0.5, 0.6) is 0 Å². The van der Waals surface area contributed by atoms with E-state index >= 15 is 0 Å². The number of benzene rings is 1. The number of hydrogen-bond donors (Lipinski definition) is 1. The number of para-hydroxylation sites is 1. The molecule has 2 aromatic rings. The molecule has 1 aliphatic heterocycles. The lowest BCUT2D eigenvalue weighted by Gasteiger charge is -2.27. The van der Waals surface area contributed by atoms with Crippen LogP contribution < -0.4 is 10.5 Å². The van der Waals surface area contributed by atoms with Gasteiger partial charge in [-0.1, -0.05) is 18.2 Å². The van der Waals surface area contributed by atoms with E-state index in [0.717, 1.165) is 24.2 Å². The number of aromatic nitrogens is 2. The molecule has 0 bridgehead atoms. The average molecular weight is 397 g/mol. The Morgan fingerprint density at radius 3 is 2.59 bits per heavy atom. The molecule has 0 radical (unpaired) electrons. The van der Waals surface area contributed by atoms with Gasteiger partial charge >= 0.3 is 0 Å². The summed E-state index contributed by atoms with van der Waals surface area (Å²) in [5.41, 5.74) is 1.49. The second-order valence-electron chi connectivity index (χ2n) is 7.40. The largest absolute Gasteiger partial charge is 0.332 e. The lowest BCUT2D eigenvalue weighted by molar-refractivity contribution is -0.116. The number of aryl methyl sites for hydroxylation is 1. The Balaban J connectivity index is 2.00. The molecule has 0 saturated heterocycles. The maximum Gasteiger partial charge on any atom is 0.273 e. The summed E-state index contributed by atoms with van der Waals surface area (Å²) < 4.78 is 0. The van der Waals surface area contributed by atoms with Gasteiger partial charge in [0.25, 0.3) is 11.5 Å². The van der Waals surface area contributed by atoms with Crippen LogP contribution in [0.1, 0.15) is 35.2 Å². The van der Waals surface area contributed by atoms with Crippen LogP contribution in [0.3, 0.4) is 0 Å². The molecule has 3 rings (SSSR count). The van der Waals surface area contributed by atoms with Crippen molar-refractivity contribution in [3.05, 3.63) is 57.8 Å². The van der Waals surface area contributed by atoms with Gasteiger partial charge in [-0.15, -0.1) is 0 Å². The third-order valence-electron chi connectivity index (χ3n) is 5.06. The molecule has 1 aromatic carbocycles. The number of amides is 2. The first-order valence-corrected chi connectivity index (χ1v) is 9.77. The van der Waals surface area contributed by atoms with E-state index in [4.69, 9.17) is 0 Å². The SMILES string of the molecule is CC(=O)N1CCCN(C)CCN(C(=O)c2cc(=O)[nH]c(C)n2)Cc2ccccc21. The highest BCUT2D eigenvalue weighted by Gasteiger charge is 2.23. The molecule has 0 atom stereocenters. The predicted octanol–water partition coefficient (Wildman–Crippen LogP) is 1.41. The molecule has 2 heterocycles. The van der Waals surface area contributed by atoms with Gasteiger partial charge in [0.1, 0.15) is 11.5 Å². The first kappa shape index (κ1) is 20.7. The van der Waals surface area contributed by atoms with Crippen molar-refractivity contribution in [2.45, 2.75) is 26.8 Å². The van der Waals surface area contributed by atoms with Gasteiger partial charge in [0.15, 0.2) is 0 Å². The topological polar surface area (TPSA) is 89.6 Å².